The maximum Gasteiger partial charge on any atom is 0.312 e. The molecule has 0 aliphatic rings. The first-order valence-corrected chi connectivity index (χ1v) is 5.60. The van der Waals surface area contributed by atoms with Crippen molar-refractivity contribution in [2.24, 2.45) is 5.73 Å². The number of carbonyl (C=O) groups excluding carboxylic acids is 2. The Morgan fingerprint density at radius 2 is 2.11 bits per heavy atom. The van der Waals surface area contributed by atoms with E-state index >= 15 is 0 Å². The number of amides is 3. The van der Waals surface area contributed by atoms with Crippen LogP contribution in [0.2, 0.25) is 0 Å². The quantitative estimate of drug-likeness (QED) is 0.563. The number of hydroxylamine groups is 2. The molecule has 19 heavy (non-hydrogen) atoms. The topological polar surface area (TPSA) is 109 Å². The standard InChI is InChI=1S/C12H13N3O4/c13-12(17)14-5-6-15(18)11(16)10-7-8-3-1-2-4-9(8)19-10/h1-4,7,18H,5-6H2,(H3,13,14,17). The zero-order chi connectivity index (χ0) is 13.8. The number of nitrogens with two attached hydrogens (primary N) is 1. The van der Waals surface area contributed by atoms with E-state index in [2.05, 4.69) is 5.32 Å². The Hall–Kier alpha value is -2.54. The number of benzene rings is 1. The number of urea groups is 1. The third-order valence-electron chi connectivity index (χ3n) is 2.49. The first kappa shape index (κ1) is 12.9. The van der Waals surface area contributed by atoms with Gasteiger partial charge in [-0.15, -0.1) is 0 Å². The summed E-state index contributed by atoms with van der Waals surface area (Å²) in [5.41, 5.74) is 5.43. The largest absolute Gasteiger partial charge is 0.451 e. The van der Waals surface area contributed by atoms with Crippen molar-refractivity contribution in [3.63, 3.8) is 0 Å². The van der Waals surface area contributed by atoms with Crippen LogP contribution < -0.4 is 11.1 Å². The van der Waals surface area contributed by atoms with Gasteiger partial charge in [-0.25, -0.2) is 9.86 Å². The van der Waals surface area contributed by atoms with Crippen LogP contribution in [-0.2, 0) is 0 Å². The molecule has 3 amide bonds. The SMILES string of the molecule is NC(=O)NCCN(O)C(=O)c1cc2ccccc2o1. The van der Waals surface area contributed by atoms with Crippen LogP contribution in [0.15, 0.2) is 34.7 Å². The number of rotatable bonds is 4. The van der Waals surface area contributed by atoms with Crippen molar-refractivity contribution in [1.82, 2.24) is 10.4 Å². The molecule has 0 saturated carbocycles. The first-order chi connectivity index (χ1) is 9.08. The Balaban J connectivity index is 2.04. The van der Waals surface area contributed by atoms with Gasteiger partial charge in [-0.05, 0) is 12.1 Å². The molecule has 2 aromatic rings. The van der Waals surface area contributed by atoms with E-state index in [4.69, 9.17) is 10.2 Å². The molecular weight excluding hydrogens is 250 g/mol. The molecule has 0 aliphatic carbocycles. The highest BCUT2D eigenvalue weighted by Gasteiger charge is 2.18. The summed E-state index contributed by atoms with van der Waals surface area (Å²) < 4.78 is 5.32. The van der Waals surface area contributed by atoms with Gasteiger partial charge < -0.3 is 15.5 Å². The van der Waals surface area contributed by atoms with Crippen LogP contribution in [0.25, 0.3) is 11.0 Å². The molecule has 0 fully saturated rings. The number of carbonyl (C=O) groups is 2. The van der Waals surface area contributed by atoms with Crippen molar-refractivity contribution in [3.05, 3.63) is 36.1 Å². The molecule has 1 heterocycles. The van der Waals surface area contributed by atoms with Crippen molar-refractivity contribution < 1.29 is 19.2 Å². The fraction of sp³-hybridized carbons (Fsp3) is 0.167. The molecule has 0 spiro atoms. The summed E-state index contributed by atoms with van der Waals surface area (Å²) in [5, 5.41) is 13.0. The number of hydrogen-bond donors (Lipinski definition) is 3. The predicted octanol–water partition coefficient (Wildman–Crippen LogP) is 0.933. The molecule has 0 atom stereocenters. The number of primary amides is 1. The molecule has 0 aliphatic heterocycles. The fourth-order valence-electron chi connectivity index (χ4n) is 1.60. The van der Waals surface area contributed by atoms with Crippen LogP contribution >= 0.6 is 0 Å². The van der Waals surface area contributed by atoms with Gasteiger partial charge in [-0.2, -0.15) is 0 Å². The Labute approximate surface area is 108 Å². The van der Waals surface area contributed by atoms with Gasteiger partial charge in [0.25, 0.3) is 0 Å². The third-order valence-corrected chi connectivity index (χ3v) is 2.49. The summed E-state index contributed by atoms with van der Waals surface area (Å²) in [7, 11) is 0. The minimum Gasteiger partial charge on any atom is -0.451 e. The van der Waals surface area contributed by atoms with Gasteiger partial charge in [0.1, 0.15) is 5.58 Å². The second-order valence-electron chi connectivity index (χ2n) is 3.87. The Morgan fingerprint density at radius 3 is 2.79 bits per heavy atom. The minimum atomic E-state index is -0.718. The lowest BCUT2D eigenvalue weighted by molar-refractivity contribution is -0.0583. The van der Waals surface area contributed by atoms with E-state index in [9.17, 15) is 14.8 Å². The molecule has 0 radical (unpaired) electrons. The fourth-order valence-corrected chi connectivity index (χ4v) is 1.60. The summed E-state index contributed by atoms with van der Waals surface area (Å²) in [6.07, 6.45) is 0. The van der Waals surface area contributed by atoms with E-state index in [1.807, 2.05) is 6.07 Å². The van der Waals surface area contributed by atoms with E-state index in [1.165, 1.54) is 0 Å². The van der Waals surface area contributed by atoms with Crippen molar-refractivity contribution in [2.75, 3.05) is 13.1 Å². The van der Waals surface area contributed by atoms with Crippen LogP contribution in [0.3, 0.4) is 0 Å². The molecule has 1 aromatic carbocycles. The van der Waals surface area contributed by atoms with Gasteiger partial charge in [-0.1, -0.05) is 18.2 Å². The number of hydrogen-bond acceptors (Lipinski definition) is 4. The van der Waals surface area contributed by atoms with Crippen molar-refractivity contribution in [2.45, 2.75) is 0 Å². The highest BCUT2D eigenvalue weighted by atomic mass is 16.5. The minimum absolute atomic E-state index is 0.0303. The molecule has 100 valence electrons. The maximum absolute atomic E-state index is 11.8. The summed E-state index contributed by atoms with van der Waals surface area (Å²) >= 11 is 0. The van der Waals surface area contributed by atoms with Gasteiger partial charge in [0.05, 0.1) is 6.54 Å². The van der Waals surface area contributed by atoms with Crippen LogP contribution in [0.1, 0.15) is 10.6 Å². The van der Waals surface area contributed by atoms with Crippen LogP contribution in [0, 0.1) is 0 Å². The van der Waals surface area contributed by atoms with E-state index < -0.39 is 11.9 Å². The zero-order valence-electron chi connectivity index (χ0n) is 10.00. The average Bonchev–Trinajstić information content (AvgIpc) is 2.80. The van der Waals surface area contributed by atoms with Crippen LogP contribution in [0.5, 0.6) is 0 Å². The van der Waals surface area contributed by atoms with Crippen molar-refractivity contribution >= 4 is 22.9 Å². The lowest BCUT2D eigenvalue weighted by atomic mass is 10.2. The molecule has 2 rings (SSSR count). The molecule has 7 nitrogen and oxygen atoms in total. The van der Waals surface area contributed by atoms with Gasteiger partial charge in [0.2, 0.25) is 0 Å². The Kier molecular flexibility index (Phi) is 3.67. The number of furan rings is 1. The Bertz CT molecular complexity index is 575. The van der Waals surface area contributed by atoms with Crippen LogP contribution in [0.4, 0.5) is 4.79 Å². The van der Waals surface area contributed by atoms with Crippen molar-refractivity contribution in [1.29, 1.82) is 0 Å². The molecule has 7 heteroatoms. The number of nitrogens with zero attached hydrogens (tertiary/aromatic N) is 1. The average molecular weight is 263 g/mol. The van der Waals surface area contributed by atoms with Gasteiger partial charge in [0.15, 0.2) is 5.76 Å². The van der Waals surface area contributed by atoms with Crippen LogP contribution in [-0.4, -0.2) is 35.3 Å². The highest BCUT2D eigenvalue weighted by Crippen LogP contribution is 2.19. The zero-order valence-corrected chi connectivity index (χ0v) is 10.00. The number of nitrogens with one attached hydrogen (secondary N) is 1. The number of para-hydroxylation sites is 1. The number of fused-ring (bicyclic) bond motifs is 1. The van der Waals surface area contributed by atoms with E-state index in [0.29, 0.717) is 10.6 Å². The van der Waals surface area contributed by atoms with E-state index in [0.717, 1.165) is 5.39 Å². The molecule has 0 unspecified atom stereocenters. The Morgan fingerprint density at radius 1 is 1.37 bits per heavy atom. The lowest BCUT2D eigenvalue weighted by Gasteiger charge is -2.12. The van der Waals surface area contributed by atoms with E-state index in [1.54, 1.807) is 24.3 Å². The summed E-state index contributed by atoms with van der Waals surface area (Å²) in [6.45, 7) is -0.0311. The normalized spacial score (nSPS) is 10.4. The predicted molar refractivity (Wildman–Crippen MR) is 66.6 cm³/mol. The van der Waals surface area contributed by atoms with Gasteiger partial charge >= 0.3 is 11.9 Å². The highest BCUT2D eigenvalue weighted by molar-refractivity contribution is 5.95. The summed E-state index contributed by atoms with van der Waals surface area (Å²) in [4.78, 5) is 22.3. The monoisotopic (exact) mass is 263 g/mol. The lowest BCUT2D eigenvalue weighted by Crippen LogP contribution is -2.38. The van der Waals surface area contributed by atoms with Gasteiger partial charge in [-0.3, -0.25) is 10.0 Å². The second kappa shape index (κ2) is 5.40. The first-order valence-electron chi connectivity index (χ1n) is 5.60. The molecule has 4 N–H and O–H groups in total. The molecule has 0 saturated heterocycles. The molecule has 1 aromatic heterocycles. The van der Waals surface area contributed by atoms with E-state index in [-0.39, 0.29) is 18.8 Å². The van der Waals surface area contributed by atoms with Gasteiger partial charge in [0, 0.05) is 11.9 Å². The maximum atomic E-state index is 11.8. The second-order valence-corrected chi connectivity index (χ2v) is 3.87. The molecular formula is C12H13N3O4. The smallest absolute Gasteiger partial charge is 0.312 e. The summed E-state index contributed by atoms with van der Waals surface area (Å²) in [6, 6.07) is 7.95. The third kappa shape index (κ3) is 3.02. The molecule has 0 bridgehead atoms. The summed E-state index contributed by atoms with van der Waals surface area (Å²) in [5.74, 6) is -0.648. The van der Waals surface area contributed by atoms with Crippen molar-refractivity contribution in [3.8, 4) is 0 Å².